The van der Waals surface area contributed by atoms with Crippen molar-refractivity contribution in [2.24, 2.45) is 0 Å². The minimum atomic E-state index is -0.548. The van der Waals surface area contributed by atoms with E-state index in [1.54, 1.807) is 19.2 Å². The number of nitrogens with zero attached hydrogens (tertiary/aromatic N) is 3. The van der Waals surface area contributed by atoms with E-state index in [9.17, 15) is 9.18 Å². The summed E-state index contributed by atoms with van der Waals surface area (Å²) in [5.74, 6) is 0.602. The molecule has 1 aliphatic heterocycles. The molecule has 4 rings (SSSR count). The van der Waals surface area contributed by atoms with Gasteiger partial charge in [0.05, 0.1) is 29.4 Å². The van der Waals surface area contributed by atoms with Gasteiger partial charge in [0.15, 0.2) is 5.82 Å². The quantitative estimate of drug-likeness (QED) is 0.601. The number of hydrogen-bond acceptors (Lipinski definition) is 6. The van der Waals surface area contributed by atoms with E-state index in [2.05, 4.69) is 20.6 Å². The van der Waals surface area contributed by atoms with Gasteiger partial charge in [-0.2, -0.15) is 0 Å². The van der Waals surface area contributed by atoms with E-state index in [1.165, 1.54) is 12.4 Å². The van der Waals surface area contributed by atoms with E-state index in [1.807, 2.05) is 24.1 Å². The monoisotopic (exact) mass is 443 g/mol. The van der Waals surface area contributed by atoms with Crippen LogP contribution in [-0.4, -0.2) is 47.5 Å². The molecule has 0 spiro atoms. The standard InChI is InChI=1S/C22H23ClFN5O2/c1-29(18-7-4-8-25-22(18)30)11-13-9-14-17(10-19(13)31-2)26-12-27-21(14)28-16-6-3-5-15(23)20(16)24/h3,5-6,9-10,12,18H,4,7-8,11H2,1-2H3,(H,25,30)(H,26,27,28)/t18-/m1/s1. The maximum absolute atomic E-state index is 14.4. The first-order valence-electron chi connectivity index (χ1n) is 9.98. The van der Waals surface area contributed by atoms with E-state index >= 15 is 0 Å². The zero-order valence-corrected chi connectivity index (χ0v) is 18.0. The van der Waals surface area contributed by atoms with E-state index in [0.29, 0.717) is 29.0 Å². The number of fused-ring (bicyclic) bond motifs is 1. The van der Waals surface area contributed by atoms with Crippen LogP contribution in [0.15, 0.2) is 36.7 Å². The largest absolute Gasteiger partial charge is 0.496 e. The second-order valence-electron chi connectivity index (χ2n) is 7.49. The summed E-state index contributed by atoms with van der Waals surface area (Å²) < 4.78 is 20.0. The van der Waals surface area contributed by atoms with Crippen molar-refractivity contribution >= 4 is 39.9 Å². The first-order valence-corrected chi connectivity index (χ1v) is 10.4. The summed E-state index contributed by atoms with van der Waals surface area (Å²) in [6.45, 7) is 1.21. The van der Waals surface area contributed by atoms with Crippen LogP contribution in [0.5, 0.6) is 5.75 Å². The highest BCUT2D eigenvalue weighted by atomic mass is 35.5. The third-order valence-corrected chi connectivity index (χ3v) is 5.74. The highest BCUT2D eigenvalue weighted by Gasteiger charge is 2.26. The predicted molar refractivity (Wildman–Crippen MR) is 118 cm³/mol. The number of amides is 1. The Kier molecular flexibility index (Phi) is 6.20. The van der Waals surface area contributed by atoms with Gasteiger partial charge in [0.25, 0.3) is 0 Å². The van der Waals surface area contributed by atoms with E-state index < -0.39 is 5.82 Å². The van der Waals surface area contributed by atoms with Gasteiger partial charge in [-0.3, -0.25) is 9.69 Å². The van der Waals surface area contributed by atoms with Crippen molar-refractivity contribution in [2.45, 2.75) is 25.4 Å². The Morgan fingerprint density at radius 2 is 2.19 bits per heavy atom. The van der Waals surface area contributed by atoms with E-state index in [0.717, 1.165) is 24.9 Å². The number of halogens is 2. The molecular weight excluding hydrogens is 421 g/mol. The van der Waals surface area contributed by atoms with Crippen molar-refractivity contribution in [1.29, 1.82) is 0 Å². The normalized spacial score (nSPS) is 16.4. The number of nitrogens with one attached hydrogen (secondary N) is 2. The van der Waals surface area contributed by atoms with Gasteiger partial charge in [0.1, 0.15) is 17.9 Å². The molecule has 9 heteroatoms. The van der Waals surface area contributed by atoms with E-state index in [-0.39, 0.29) is 22.7 Å². The smallest absolute Gasteiger partial charge is 0.237 e. The Labute approximate surface area is 184 Å². The Morgan fingerprint density at radius 3 is 2.97 bits per heavy atom. The number of anilines is 2. The molecule has 1 amide bonds. The minimum Gasteiger partial charge on any atom is -0.496 e. The summed E-state index contributed by atoms with van der Waals surface area (Å²) >= 11 is 5.90. The zero-order chi connectivity index (χ0) is 22.0. The number of rotatable bonds is 6. The Morgan fingerprint density at radius 1 is 1.35 bits per heavy atom. The molecule has 2 heterocycles. The Balaban J connectivity index is 1.70. The molecule has 1 aromatic heterocycles. The number of aromatic nitrogens is 2. The number of ether oxygens (including phenoxy) is 1. The SMILES string of the molecule is COc1cc2ncnc(Nc3cccc(Cl)c3F)c2cc1CN(C)[C@@H]1CCCNC1=O. The number of carbonyl (C=O) groups excluding carboxylic acids is 1. The van der Waals surface area contributed by atoms with Crippen LogP contribution in [0.25, 0.3) is 10.9 Å². The van der Waals surface area contributed by atoms with Gasteiger partial charge in [-0.1, -0.05) is 17.7 Å². The fraction of sp³-hybridized carbons (Fsp3) is 0.318. The average molecular weight is 444 g/mol. The van der Waals surface area contributed by atoms with Gasteiger partial charge in [0, 0.05) is 30.1 Å². The fourth-order valence-corrected chi connectivity index (χ4v) is 4.00. The Hall–Kier alpha value is -2.97. The van der Waals surface area contributed by atoms with Crippen molar-refractivity contribution in [3.05, 3.63) is 53.1 Å². The molecule has 7 nitrogen and oxygen atoms in total. The molecule has 2 aromatic carbocycles. The molecular formula is C22H23ClFN5O2. The molecule has 162 valence electrons. The molecule has 1 saturated heterocycles. The number of likely N-dealkylation sites (N-methyl/N-ethyl adjacent to an activating group) is 1. The maximum atomic E-state index is 14.4. The van der Waals surface area contributed by atoms with Crippen LogP contribution in [0.2, 0.25) is 5.02 Å². The lowest BCUT2D eigenvalue weighted by atomic mass is 10.0. The predicted octanol–water partition coefficient (Wildman–Crippen LogP) is 3.88. The maximum Gasteiger partial charge on any atom is 0.237 e. The summed E-state index contributed by atoms with van der Waals surface area (Å²) in [7, 11) is 3.51. The number of benzene rings is 2. The average Bonchev–Trinajstić information content (AvgIpc) is 2.77. The van der Waals surface area contributed by atoms with Crippen LogP contribution in [0.1, 0.15) is 18.4 Å². The number of carbonyl (C=O) groups is 1. The molecule has 0 aliphatic carbocycles. The van der Waals surface area contributed by atoms with Crippen LogP contribution in [-0.2, 0) is 11.3 Å². The number of methoxy groups -OCH3 is 1. The topological polar surface area (TPSA) is 79.4 Å². The van der Waals surface area contributed by atoms with Crippen molar-refractivity contribution < 1.29 is 13.9 Å². The summed E-state index contributed by atoms with van der Waals surface area (Å²) in [6.07, 6.45) is 3.16. The lowest BCUT2D eigenvalue weighted by Gasteiger charge is -2.30. The van der Waals surface area contributed by atoms with Crippen molar-refractivity contribution in [3.63, 3.8) is 0 Å². The van der Waals surface area contributed by atoms with Gasteiger partial charge in [-0.25, -0.2) is 14.4 Å². The van der Waals surface area contributed by atoms with Crippen LogP contribution in [0.4, 0.5) is 15.9 Å². The zero-order valence-electron chi connectivity index (χ0n) is 17.3. The minimum absolute atomic E-state index is 0.0260. The molecule has 3 aromatic rings. The third-order valence-electron chi connectivity index (χ3n) is 5.45. The van der Waals surface area contributed by atoms with Crippen molar-refractivity contribution in [2.75, 3.05) is 26.0 Å². The van der Waals surface area contributed by atoms with Crippen LogP contribution >= 0.6 is 11.6 Å². The summed E-state index contributed by atoms with van der Waals surface area (Å²) in [6, 6.07) is 8.28. The van der Waals surface area contributed by atoms with Crippen LogP contribution in [0.3, 0.4) is 0 Å². The molecule has 0 bridgehead atoms. The molecule has 1 fully saturated rings. The number of hydrogen-bond donors (Lipinski definition) is 2. The summed E-state index contributed by atoms with van der Waals surface area (Å²) in [4.78, 5) is 22.9. The molecule has 0 radical (unpaired) electrons. The first kappa shape index (κ1) is 21.3. The molecule has 1 atom stereocenters. The summed E-state index contributed by atoms with van der Waals surface area (Å²) in [5, 5.41) is 6.66. The molecule has 31 heavy (non-hydrogen) atoms. The van der Waals surface area contributed by atoms with Gasteiger partial charge in [-0.15, -0.1) is 0 Å². The number of piperidine rings is 1. The molecule has 1 aliphatic rings. The lowest BCUT2D eigenvalue weighted by Crippen LogP contribution is -2.48. The fourth-order valence-electron chi connectivity index (χ4n) is 3.83. The van der Waals surface area contributed by atoms with Gasteiger partial charge in [-0.05, 0) is 38.1 Å². The van der Waals surface area contributed by atoms with E-state index in [4.69, 9.17) is 16.3 Å². The third kappa shape index (κ3) is 4.40. The van der Waals surface area contributed by atoms with Gasteiger partial charge >= 0.3 is 0 Å². The lowest BCUT2D eigenvalue weighted by molar-refractivity contribution is -0.127. The van der Waals surface area contributed by atoms with Crippen molar-refractivity contribution in [3.8, 4) is 5.75 Å². The van der Waals surface area contributed by atoms with Crippen LogP contribution in [0, 0.1) is 5.82 Å². The highest BCUT2D eigenvalue weighted by molar-refractivity contribution is 6.31. The second-order valence-corrected chi connectivity index (χ2v) is 7.90. The van der Waals surface area contributed by atoms with Crippen molar-refractivity contribution in [1.82, 2.24) is 20.2 Å². The molecule has 0 unspecified atom stereocenters. The second kappa shape index (κ2) is 9.03. The highest BCUT2D eigenvalue weighted by Crippen LogP contribution is 2.32. The van der Waals surface area contributed by atoms with Gasteiger partial charge in [0.2, 0.25) is 5.91 Å². The van der Waals surface area contributed by atoms with Gasteiger partial charge < -0.3 is 15.4 Å². The molecule has 0 saturated carbocycles. The summed E-state index contributed by atoms with van der Waals surface area (Å²) in [5.41, 5.74) is 1.75. The Bertz CT molecular complexity index is 1130. The molecule has 2 N–H and O–H groups in total. The first-order chi connectivity index (χ1) is 15.0. The van der Waals surface area contributed by atoms with Crippen LogP contribution < -0.4 is 15.4 Å².